The Labute approximate surface area is 143 Å². The van der Waals surface area contributed by atoms with E-state index in [-0.39, 0.29) is 4.90 Å². The number of anilines is 1. The fourth-order valence-electron chi connectivity index (χ4n) is 2.23. The fourth-order valence-corrected chi connectivity index (χ4v) is 3.26. The minimum Gasteiger partial charge on any atom is -0.383 e. The molecule has 0 saturated heterocycles. The van der Waals surface area contributed by atoms with Crippen LogP contribution in [0, 0.1) is 5.92 Å². The van der Waals surface area contributed by atoms with Crippen LogP contribution in [0.15, 0.2) is 41.6 Å². The number of aryl methyl sites for hydroxylation is 1. The molecule has 0 bridgehead atoms. The molecule has 0 fully saturated rings. The third-order valence-corrected chi connectivity index (χ3v) is 5.05. The monoisotopic (exact) mass is 351 g/mol. The topological polar surface area (TPSA) is 73.2 Å². The zero-order valence-electron chi connectivity index (χ0n) is 14.4. The quantitative estimate of drug-likeness (QED) is 0.754. The van der Waals surface area contributed by atoms with Gasteiger partial charge in [0.2, 0.25) is 0 Å². The highest BCUT2D eigenvalue weighted by atomic mass is 32.2. The van der Waals surface area contributed by atoms with Crippen LogP contribution in [0.1, 0.15) is 25.8 Å². The average Bonchev–Trinajstić information content (AvgIpc) is 2.98. The maximum atomic E-state index is 12.4. The van der Waals surface area contributed by atoms with E-state index in [0.29, 0.717) is 24.8 Å². The van der Waals surface area contributed by atoms with Crippen LogP contribution >= 0.6 is 0 Å². The molecule has 7 heteroatoms. The first-order valence-corrected chi connectivity index (χ1v) is 9.52. The minimum atomic E-state index is -3.60. The summed E-state index contributed by atoms with van der Waals surface area (Å²) >= 11 is 0. The number of sulfonamides is 1. The van der Waals surface area contributed by atoms with E-state index in [9.17, 15) is 8.42 Å². The molecule has 0 unspecified atom stereocenters. The Kier molecular flexibility index (Phi) is 6.39. The van der Waals surface area contributed by atoms with Crippen LogP contribution in [0.25, 0.3) is 0 Å². The Bertz CT molecular complexity index is 737. The molecular weight excluding hydrogens is 326 g/mol. The van der Waals surface area contributed by atoms with Crippen LogP contribution in [-0.2, 0) is 27.7 Å². The first-order valence-electron chi connectivity index (χ1n) is 8.04. The lowest BCUT2D eigenvalue weighted by atomic mass is 10.0. The van der Waals surface area contributed by atoms with Gasteiger partial charge in [-0.25, -0.2) is 8.42 Å². The van der Waals surface area contributed by atoms with Crippen molar-refractivity contribution in [3.8, 4) is 0 Å². The first kappa shape index (κ1) is 18.5. The molecule has 1 aromatic carbocycles. The van der Waals surface area contributed by atoms with Gasteiger partial charge in [0.15, 0.2) is 0 Å². The second kappa shape index (κ2) is 8.30. The van der Waals surface area contributed by atoms with E-state index in [1.807, 2.05) is 12.1 Å². The molecule has 2 aromatic rings. The number of hydrogen-bond donors (Lipinski definition) is 1. The lowest BCUT2D eigenvalue weighted by Crippen LogP contribution is -2.12. The van der Waals surface area contributed by atoms with E-state index in [1.165, 1.54) is 6.20 Å². The average molecular weight is 351 g/mol. The zero-order chi connectivity index (χ0) is 17.6. The van der Waals surface area contributed by atoms with Gasteiger partial charge in [0, 0.05) is 13.3 Å². The van der Waals surface area contributed by atoms with Crippen LogP contribution in [0.2, 0.25) is 0 Å². The number of nitrogens with zero attached hydrogens (tertiary/aromatic N) is 2. The normalized spacial score (nSPS) is 11.8. The summed E-state index contributed by atoms with van der Waals surface area (Å²) in [5.41, 5.74) is 1.59. The van der Waals surface area contributed by atoms with Gasteiger partial charge in [0.25, 0.3) is 10.0 Å². The molecule has 1 aromatic heterocycles. The number of methoxy groups -OCH3 is 1. The van der Waals surface area contributed by atoms with E-state index >= 15 is 0 Å². The molecule has 1 heterocycles. The lowest BCUT2D eigenvalue weighted by molar-refractivity contribution is 0.183. The lowest BCUT2D eigenvalue weighted by Gasteiger charge is -2.08. The van der Waals surface area contributed by atoms with Gasteiger partial charge in [0.1, 0.15) is 0 Å². The molecule has 24 heavy (non-hydrogen) atoms. The fraction of sp³-hybridized carbons (Fsp3) is 0.471. The van der Waals surface area contributed by atoms with Crippen molar-refractivity contribution in [1.29, 1.82) is 0 Å². The van der Waals surface area contributed by atoms with Gasteiger partial charge in [-0.3, -0.25) is 9.40 Å². The van der Waals surface area contributed by atoms with Crippen molar-refractivity contribution < 1.29 is 13.2 Å². The molecule has 6 nitrogen and oxygen atoms in total. The molecule has 0 aliphatic rings. The molecule has 0 atom stereocenters. The number of nitrogens with one attached hydrogen (secondary N) is 1. The highest BCUT2D eigenvalue weighted by molar-refractivity contribution is 7.92. The van der Waals surface area contributed by atoms with Crippen molar-refractivity contribution in [2.45, 2.75) is 38.1 Å². The van der Waals surface area contributed by atoms with Gasteiger partial charge >= 0.3 is 0 Å². The third-order valence-electron chi connectivity index (χ3n) is 3.65. The van der Waals surface area contributed by atoms with E-state index in [1.54, 1.807) is 30.1 Å². The number of hydrogen-bond acceptors (Lipinski definition) is 4. The second-order valence-corrected chi connectivity index (χ2v) is 7.85. The zero-order valence-corrected chi connectivity index (χ0v) is 15.2. The van der Waals surface area contributed by atoms with Crippen molar-refractivity contribution in [2.24, 2.45) is 5.92 Å². The van der Waals surface area contributed by atoms with E-state index in [4.69, 9.17) is 4.74 Å². The number of aromatic nitrogens is 2. The molecule has 0 aliphatic carbocycles. The number of rotatable bonds is 9. The maximum absolute atomic E-state index is 12.4. The van der Waals surface area contributed by atoms with Crippen LogP contribution in [0.5, 0.6) is 0 Å². The summed E-state index contributed by atoms with van der Waals surface area (Å²) in [6.07, 6.45) is 5.18. The van der Waals surface area contributed by atoms with Crippen LogP contribution in [0.4, 0.5) is 5.69 Å². The maximum Gasteiger partial charge on any atom is 0.261 e. The second-order valence-electron chi connectivity index (χ2n) is 6.17. The summed E-state index contributed by atoms with van der Waals surface area (Å²) in [4.78, 5) is 0.250. The molecule has 0 radical (unpaired) electrons. The predicted octanol–water partition coefficient (Wildman–Crippen LogP) is 2.92. The molecule has 1 N–H and O–H groups in total. The van der Waals surface area contributed by atoms with Crippen molar-refractivity contribution in [1.82, 2.24) is 9.78 Å². The molecule has 0 spiro atoms. The Morgan fingerprint density at radius 2 is 1.96 bits per heavy atom. The molecule has 0 saturated carbocycles. The number of benzene rings is 1. The van der Waals surface area contributed by atoms with Crippen molar-refractivity contribution >= 4 is 15.7 Å². The van der Waals surface area contributed by atoms with Crippen LogP contribution < -0.4 is 4.72 Å². The van der Waals surface area contributed by atoms with Gasteiger partial charge in [0.05, 0.1) is 29.9 Å². The van der Waals surface area contributed by atoms with Gasteiger partial charge in [-0.15, -0.1) is 0 Å². The van der Waals surface area contributed by atoms with Gasteiger partial charge in [-0.2, -0.15) is 5.10 Å². The third kappa shape index (κ3) is 5.35. The predicted molar refractivity (Wildman–Crippen MR) is 94.5 cm³/mol. The Hall–Kier alpha value is -1.86. The molecule has 0 aliphatic heterocycles. The Balaban J connectivity index is 2.02. The minimum absolute atomic E-state index is 0.250. The van der Waals surface area contributed by atoms with Crippen molar-refractivity contribution in [3.63, 3.8) is 0 Å². The summed E-state index contributed by atoms with van der Waals surface area (Å²) in [6.45, 7) is 5.44. The highest BCUT2D eigenvalue weighted by Gasteiger charge is 2.15. The van der Waals surface area contributed by atoms with Crippen LogP contribution in [0.3, 0.4) is 0 Å². The standard InChI is InChI=1S/C17H25N3O3S/c1-14(2)4-5-15-6-8-17(9-7-15)24(21,22)19-16-12-18-20(13-16)10-11-23-3/h6-9,12-14,19H,4-5,10-11H2,1-3H3. The molecule has 2 rings (SSSR count). The highest BCUT2D eigenvalue weighted by Crippen LogP contribution is 2.17. The van der Waals surface area contributed by atoms with Gasteiger partial charge < -0.3 is 4.74 Å². The van der Waals surface area contributed by atoms with E-state index in [2.05, 4.69) is 23.7 Å². The summed E-state index contributed by atoms with van der Waals surface area (Å²) in [5, 5.41) is 4.10. The van der Waals surface area contributed by atoms with Crippen molar-refractivity contribution in [3.05, 3.63) is 42.2 Å². The SMILES string of the molecule is COCCn1cc(NS(=O)(=O)c2ccc(CCC(C)C)cc2)cn1. The van der Waals surface area contributed by atoms with Gasteiger partial charge in [-0.1, -0.05) is 26.0 Å². The molecular formula is C17H25N3O3S. The number of ether oxygens (including phenoxy) is 1. The van der Waals surface area contributed by atoms with E-state index < -0.39 is 10.0 Å². The molecule has 132 valence electrons. The largest absolute Gasteiger partial charge is 0.383 e. The van der Waals surface area contributed by atoms with Crippen LogP contribution in [-0.4, -0.2) is 31.9 Å². The van der Waals surface area contributed by atoms with Gasteiger partial charge in [-0.05, 0) is 36.5 Å². The molecule has 0 amide bonds. The summed E-state index contributed by atoms with van der Waals surface area (Å²) < 4.78 is 34.0. The summed E-state index contributed by atoms with van der Waals surface area (Å²) in [6, 6.07) is 7.04. The summed E-state index contributed by atoms with van der Waals surface area (Å²) in [7, 11) is -1.99. The Morgan fingerprint density at radius 1 is 1.25 bits per heavy atom. The summed E-state index contributed by atoms with van der Waals surface area (Å²) in [5.74, 6) is 0.629. The van der Waals surface area contributed by atoms with E-state index in [0.717, 1.165) is 18.4 Å². The smallest absolute Gasteiger partial charge is 0.261 e. The first-order chi connectivity index (χ1) is 11.4. The Morgan fingerprint density at radius 3 is 2.58 bits per heavy atom. The van der Waals surface area contributed by atoms with Crippen molar-refractivity contribution in [2.75, 3.05) is 18.4 Å².